The zero-order chi connectivity index (χ0) is 24.4. The second kappa shape index (κ2) is 13.3. The van der Waals surface area contributed by atoms with E-state index in [-0.39, 0.29) is 41.6 Å². The number of carbonyl (C=O) groups excluding carboxylic acids is 4. The molecule has 32 heavy (non-hydrogen) atoms. The average Bonchev–Trinajstić information content (AvgIpc) is 2.71. The average molecular weight is 445 g/mol. The van der Waals surface area contributed by atoms with Crippen LogP contribution in [0.1, 0.15) is 93.3 Å². The van der Waals surface area contributed by atoms with Crippen LogP contribution in [0.3, 0.4) is 0 Å². The number of hydrogen-bond acceptors (Lipinski definition) is 5. The smallest absolute Gasteiger partial charge is 0.302 e. The third-order valence-electron chi connectivity index (χ3n) is 6.51. The maximum Gasteiger partial charge on any atom is 0.302 e. The molecule has 0 heterocycles. The van der Waals surface area contributed by atoms with Gasteiger partial charge in [0.2, 0.25) is 0 Å². The summed E-state index contributed by atoms with van der Waals surface area (Å²) in [6.07, 6.45) is 5.20. The molecule has 178 valence electrons. The van der Waals surface area contributed by atoms with E-state index in [0.29, 0.717) is 12.3 Å². The van der Waals surface area contributed by atoms with E-state index in [1.54, 1.807) is 0 Å². The van der Waals surface area contributed by atoms with E-state index in [1.807, 2.05) is 13.8 Å². The molecule has 0 spiro atoms. The molecule has 1 aliphatic carbocycles. The van der Waals surface area contributed by atoms with Gasteiger partial charge in [0.1, 0.15) is 11.6 Å². The minimum atomic E-state index is -0.245. The third-order valence-corrected chi connectivity index (χ3v) is 6.51. The van der Waals surface area contributed by atoms with E-state index in [9.17, 15) is 19.2 Å². The number of esters is 1. The molecule has 2 rings (SSSR count). The summed E-state index contributed by atoms with van der Waals surface area (Å²) in [6, 6.07) is 4.22. The predicted molar refractivity (Wildman–Crippen MR) is 127 cm³/mol. The van der Waals surface area contributed by atoms with Crippen molar-refractivity contribution in [1.82, 2.24) is 0 Å². The normalized spacial score (nSPS) is 16.8. The van der Waals surface area contributed by atoms with Gasteiger partial charge in [0.15, 0.2) is 5.78 Å². The third kappa shape index (κ3) is 7.99. The molecule has 0 radical (unpaired) electrons. The van der Waals surface area contributed by atoms with Crippen molar-refractivity contribution < 1.29 is 23.9 Å². The topological polar surface area (TPSA) is 77.5 Å². The molecule has 1 aliphatic rings. The first-order valence-corrected chi connectivity index (χ1v) is 11.7. The number of aryl methyl sites for hydroxylation is 1. The lowest BCUT2D eigenvalue weighted by molar-refractivity contribution is -0.138. The quantitative estimate of drug-likeness (QED) is 0.365. The molecule has 0 fully saturated rings. The van der Waals surface area contributed by atoms with Crippen LogP contribution < -0.4 is 0 Å². The zero-order valence-corrected chi connectivity index (χ0v) is 20.9. The van der Waals surface area contributed by atoms with Crippen LogP contribution in [0.2, 0.25) is 0 Å². The summed E-state index contributed by atoms with van der Waals surface area (Å²) in [7, 11) is 1.35. The fourth-order valence-corrected chi connectivity index (χ4v) is 4.83. The first-order valence-electron chi connectivity index (χ1n) is 11.7. The molecular formula is C27H40O5. The molecule has 0 N–H and O–H groups in total. The Hall–Kier alpha value is -2.30. The maximum atomic E-state index is 12.8. The van der Waals surface area contributed by atoms with Crippen LogP contribution in [0.15, 0.2) is 12.1 Å². The summed E-state index contributed by atoms with van der Waals surface area (Å²) in [5.74, 6) is 0.523. The number of methoxy groups -OCH3 is 1. The van der Waals surface area contributed by atoms with Crippen LogP contribution in [-0.4, -0.2) is 30.4 Å². The lowest BCUT2D eigenvalue weighted by Crippen LogP contribution is -2.29. The molecule has 1 aromatic rings. The number of benzene rings is 1. The predicted octanol–water partition coefficient (Wildman–Crippen LogP) is 5.61. The minimum absolute atomic E-state index is 0.0453. The first-order chi connectivity index (χ1) is 15.0. The highest BCUT2D eigenvalue weighted by Gasteiger charge is 2.33. The molecule has 5 heteroatoms. The Morgan fingerprint density at radius 3 is 2.22 bits per heavy atom. The van der Waals surface area contributed by atoms with Crippen LogP contribution in [0.4, 0.5) is 0 Å². The first kappa shape index (κ1) is 27.7. The maximum absolute atomic E-state index is 12.8. The Labute approximate surface area is 193 Å². The number of ketones is 3. The number of fused-ring (bicyclic) bond motifs is 1. The SMILES string of the molecule is CCCC(CC1CC(=O)c2c(ccc(C)c2C)C1)C(CC)C(=O)CC(C)=O.COC(C)=O. The van der Waals surface area contributed by atoms with Crippen molar-refractivity contribution >= 4 is 23.3 Å². The van der Waals surface area contributed by atoms with E-state index in [2.05, 4.69) is 30.7 Å². The highest BCUT2D eigenvalue weighted by atomic mass is 16.5. The summed E-state index contributed by atoms with van der Waals surface area (Å²) in [4.78, 5) is 46.4. The van der Waals surface area contributed by atoms with Crippen molar-refractivity contribution in [3.05, 3.63) is 34.4 Å². The van der Waals surface area contributed by atoms with Crippen LogP contribution in [0, 0.1) is 31.6 Å². The lowest BCUT2D eigenvalue weighted by Gasteiger charge is -2.32. The van der Waals surface area contributed by atoms with Gasteiger partial charge in [-0.25, -0.2) is 0 Å². The molecule has 0 saturated carbocycles. The molecule has 0 aromatic heterocycles. The van der Waals surface area contributed by atoms with Crippen molar-refractivity contribution in [1.29, 1.82) is 0 Å². The Bertz CT molecular complexity index is 824. The summed E-state index contributed by atoms with van der Waals surface area (Å²) in [6.45, 7) is 11.1. The molecule has 3 unspecified atom stereocenters. The van der Waals surface area contributed by atoms with E-state index >= 15 is 0 Å². The summed E-state index contributed by atoms with van der Waals surface area (Å²) in [5.41, 5.74) is 4.38. The highest BCUT2D eigenvalue weighted by molar-refractivity contribution is 6.00. The van der Waals surface area contributed by atoms with E-state index in [0.717, 1.165) is 48.8 Å². The number of ether oxygens (including phenoxy) is 1. The second-order valence-electron chi connectivity index (χ2n) is 9.08. The molecule has 0 bridgehead atoms. The summed E-state index contributed by atoms with van der Waals surface area (Å²) in [5, 5.41) is 0. The van der Waals surface area contributed by atoms with Crippen molar-refractivity contribution in [2.24, 2.45) is 17.8 Å². The van der Waals surface area contributed by atoms with Crippen LogP contribution in [0.25, 0.3) is 0 Å². The fourth-order valence-electron chi connectivity index (χ4n) is 4.83. The van der Waals surface area contributed by atoms with Gasteiger partial charge in [0.25, 0.3) is 0 Å². The summed E-state index contributed by atoms with van der Waals surface area (Å²) < 4.78 is 4.11. The van der Waals surface area contributed by atoms with Crippen molar-refractivity contribution in [2.75, 3.05) is 7.11 Å². The molecule has 0 aliphatic heterocycles. The number of rotatable bonds is 9. The van der Waals surface area contributed by atoms with Crippen LogP contribution in [0.5, 0.6) is 0 Å². The fraction of sp³-hybridized carbons (Fsp3) is 0.630. The monoisotopic (exact) mass is 444 g/mol. The van der Waals surface area contributed by atoms with Gasteiger partial charge in [0.05, 0.1) is 13.5 Å². The van der Waals surface area contributed by atoms with Gasteiger partial charge in [-0.1, -0.05) is 38.8 Å². The largest absolute Gasteiger partial charge is 0.469 e. The van der Waals surface area contributed by atoms with Gasteiger partial charge in [-0.3, -0.25) is 19.2 Å². The van der Waals surface area contributed by atoms with Crippen LogP contribution in [-0.2, 0) is 25.5 Å². The molecule has 5 nitrogen and oxygen atoms in total. The lowest BCUT2D eigenvalue weighted by atomic mass is 9.72. The summed E-state index contributed by atoms with van der Waals surface area (Å²) >= 11 is 0. The standard InChI is InChI=1S/C24H34O3.C3H6O2/c1-6-8-19(21(7-2)22(26)11-16(4)25)12-18-13-20-10-9-15(3)17(5)24(20)23(27)14-18;1-3(4)5-2/h9-10,18-19,21H,6-8,11-14H2,1-5H3;1-2H3. The Morgan fingerprint density at radius 1 is 1.09 bits per heavy atom. The minimum Gasteiger partial charge on any atom is -0.469 e. The van der Waals surface area contributed by atoms with Gasteiger partial charge in [-0.15, -0.1) is 0 Å². The zero-order valence-electron chi connectivity index (χ0n) is 20.9. The van der Waals surface area contributed by atoms with Gasteiger partial charge >= 0.3 is 5.97 Å². The van der Waals surface area contributed by atoms with Crippen molar-refractivity contribution in [3.63, 3.8) is 0 Å². The Kier molecular flexibility index (Phi) is 11.5. The molecular weight excluding hydrogens is 404 g/mol. The molecule has 0 amide bonds. The van der Waals surface area contributed by atoms with Gasteiger partial charge in [0, 0.05) is 24.8 Å². The van der Waals surface area contributed by atoms with E-state index in [4.69, 9.17) is 0 Å². The van der Waals surface area contributed by atoms with Crippen molar-refractivity contribution in [2.45, 2.75) is 86.5 Å². The Balaban J connectivity index is 0.000000920. The molecule has 3 atom stereocenters. The highest BCUT2D eigenvalue weighted by Crippen LogP contribution is 2.36. The molecule has 0 saturated heterocycles. The van der Waals surface area contributed by atoms with Gasteiger partial charge < -0.3 is 4.74 Å². The number of hydrogen-bond donors (Lipinski definition) is 0. The number of carbonyl (C=O) groups is 4. The van der Waals surface area contributed by atoms with E-state index < -0.39 is 0 Å². The van der Waals surface area contributed by atoms with Crippen LogP contribution >= 0.6 is 0 Å². The van der Waals surface area contributed by atoms with E-state index in [1.165, 1.54) is 26.5 Å². The van der Waals surface area contributed by atoms with Crippen molar-refractivity contribution in [3.8, 4) is 0 Å². The molecule has 1 aromatic carbocycles. The number of Topliss-reactive ketones (excluding diaryl/α,β-unsaturated/α-hetero) is 3. The van der Waals surface area contributed by atoms with Gasteiger partial charge in [-0.2, -0.15) is 0 Å². The second-order valence-corrected chi connectivity index (χ2v) is 9.08. The Morgan fingerprint density at radius 2 is 1.72 bits per heavy atom. The van der Waals surface area contributed by atoms with Gasteiger partial charge in [-0.05, 0) is 68.6 Å².